The first kappa shape index (κ1) is 10.3. The molecule has 0 saturated heterocycles. The third kappa shape index (κ3) is 3.23. The number of hydrogen-bond donors (Lipinski definition) is 0. The molecule has 71 valence electrons. The molecule has 1 aromatic carbocycles. The van der Waals surface area contributed by atoms with Gasteiger partial charge in [-0.1, -0.05) is 25.4 Å². The lowest BCUT2D eigenvalue weighted by molar-refractivity contribution is 0.271. The highest BCUT2D eigenvalue weighted by Gasteiger charge is 2.03. The number of rotatable bonds is 3. The zero-order valence-electron chi connectivity index (χ0n) is 7.60. The van der Waals surface area contributed by atoms with Crippen molar-refractivity contribution in [2.45, 2.75) is 13.8 Å². The van der Waals surface area contributed by atoms with Gasteiger partial charge in [-0.05, 0) is 18.1 Å². The van der Waals surface area contributed by atoms with E-state index >= 15 is 0 Å². The van der Waals surface area contributed by atoms with E-state index in [4.69, 9.17) is 16.3 Å². The molecule has 0 unspecified atom stereocenters. The van der Waals surface area contributed by atoms with Crippen molar-refractivity contribution in [3.05, 3.63) is 29.0 Å². The van der Waals surface area contributed by atoms with E-state index in [1.807, 2.05) is 13.8 Å². The maximum absolute atomic E-state index is 12.6. The van der Waals surface area contributed by atoms with E-state index in [-0.39, 0.29) is 5.02 Å². The van der Waals surface area contributed by atoms with Crippen LogP contribution in [0.3, 0.4) is 0 Å². The molecule has 0 spiro atoms. The van der Waals surface area contributed by atoms with Crippen LogP contribution in [0.25, 0.3) is 0 Å². The van der Waals surface area contributed by atoms with Gasteiger partial charge >= 0.3 is 0 Å². The first-order valence-corrected chi connectivity index (χ1v) is 4.47. The summed E-state index contributed by atoms with van der Waals surface area (Å²) in [6, 6.07) is 5.00. The first-order valence-electron chi connectivity index (χ1n) is 4.09. The molecule has 0 heterocycles. The van der Waals surface area contributed by atoms with E-state index in [0.717, 1.165) is 0 Å². The number of halogens is 2. The molecule has 1 radical (unpaired) electrons. The van der Waals surface area contributed by atoms with Crippen LogP contribution in [-0.4, -0.2) is 6.61 Å². The summed E-state index contributed by atoms with van der Waals surface area (Å²) in [5, 5.41) is 0.289. The Hall–Kier alpha value is -0.760. The van der Waals surface area contributed by atoms with Gasteiger partial charge in [0.15, 0.2) is 0 Å². The molecule has 1 rings (SSSR count). The average molecular weight is 202 g/mol. The van der Waals surface area contributed by atoms with Crippen molar-refractivity contribution in [3.63, 3.8) is 0 Å². The van der Waals surface area contributed by atoms with Crippen molar-refractivity contribution in [1.82, 2.24) is 0 Å². The zero-order chi connectivity index (χ0) is 9.84. The van der Waals surface area contributed by atoms with Gasteiger partial charge in [0.1, 0.15) is 11.6 Å². The van der Waals surface area contributed by atoms with E-state index in [2.05, 4.69) is 6.07 Å². The summed E-state index contributed by atoms with van der Waals surface area (Å²) < 4.78 is 17.9. The fourth-order valence-electron chi connectivity index (χ4n) is 0.795. The lowest BCUT2D eigenvalue weighted by atomic mass is 10.2. The maximum atomic E-state index is 12.6. The van der Waals surface area contributed by atoms with Crippen LogP contribution in [0.5, 0.6) is 5.75 Å². The molecule has 0 amide bonds. The molecule has 1 aromatic rings. The molecule has 0 aliphatic carbocycles. The van der Waals surface area contributed by atoms with Crippen molar-refractivity contribution in [2.24, 2.45) is 5.92 Å². The minimum atomic E-state index is -0.470. The van der Waals surface area contributed by atoms with Crippen LogP contribution in [0, 0.1) is 17.8 Å². The molecule has 0 atom stereocenters. The topological polar surface area (TPSA) is 9.23 Å². The third-order valence-corrected chi connectivity index (χ3v) is 1.70. The van der Waals surface area contributed by atoms with Gasteiger partial charge in [-0.15, -0.1) is 0 Å². The summed E-state index contributed by atoms with van der Waals surface area (Å²) in [4.78, 5) is 0. The van der Waals surface area contributed by atoms with Gasteiger partial charge in [-0.2, -0.15) is 0 Å². The van der Waals surface area contributed by atoms with Crippen molar-refractivity contribution in [1.29, 1.82) is 0 Å². The normalized spacial score (nSPS) is 10.5. The van der Waals surface area contributed by atoms with Crippen molar-refractivity contribution in [2.75, 3.05) is 6.61 Å². The van der Waals surface area contributed by atoms with Crippen LogP contribution in [0.15, 0.2) is 12.1 Å². The molecule has 0 bridgehead atoms. The predicted octanol–water partition coefficient (Wildman–Crippen LogP) is 3.31. The SMILES string of the molecule is CC(C)COc1c[c]c(F)cc1Cl. The minimum Gasteiger partial charge on any atom is -0.492 e. The Morgan fingerprint density at radius 3 is 2.85 bits per heavy atom. The molecular formula is C10H11ClFO. The van der Waals surface area contributed by atoms with E-state index < -0.39 is 5.82 Å². The zero-order valence-corrected chi connectivity index (χ0v) is 8.36. The molecule has 0 aliphatic heterocycles. The summed E-state index contributed by atoms with van der Waals surface area (Å²) in [6.45, 7) is 4.63. The van der Waals surface area contributed by atoms with Gasteiger partial charge < -0.3 is 4.74 Å². The monoisotopic (exact) mass is 201 g/mol. The molecule has 3 heteroatoms. The van der Waals surface area contributed by atoms with Crippen LogP contribution in [-0.2, 0) is 0 Å². The van der Waals surface area contributed by atoms with Crippen molar-refractivity contribution >= 4 is 11.6 Å². The van der Waals surface area contributed by atoms with Gasteiger partial charge in [0, 0.05) is 6.07 Å². The number of benzene rings is 1. The summed E-state index contributed by atoms with van der Waals surface area (Å²) in [5.74, 6) is 0.430. The second-order valence-corrected chi connectivity index (χ2v) is 3.61. The molecular weight excluding hydrogens is 191 g/mol. The smallest absolute Gasteiger partial charge is 0.138 e. The Morgan fingerprint density at radius 2 is 2.31 bits per heavy atom. The van der Waals surface area contributed by atoms with Crippen LogP contribution in [0.2, 0.25) is 5.02 Å². The van der Waals surface area contributed by atoms with Crippen LogP contribution in [0.4, 0.5) is 4.39 Å². The maximum Gasteiger partial charge on any atom is 0.138 e. The molecule has 0 fully saturated rings. The highest BCUT2D eigenvalue weighted by molar-refractivity contribution is 6.32. The van der Waals surface area contributed by atoms with Gasteiger partial charge in [-0.3, -0.25) is 0 Å². The van der Waals surface area contributed by atoms with E-state index in [1.54, 1.807) is 0 Å². The second kappa shape index (κ2) is 4.47. The van der Waals surface area contributed by atoms with Gasteiger partial charge in [0.05, 0.1) is 11.6 Å². The minimum absolute atomic E-state index is 0.289. The lowest BCUT2D eigenvalue weighted by Gasteiger charge is -2.09. The fourth-order valence-corrected chi connectivity index (χ4v) is 0.999. The van der Waals surface area contributed by atoms with Crippen LogP contribution in [0.1, 0.15) is 13.8 Å². The van der Waals surface area contributed by atoms with E-state index in [1.165, 1.54) is 12.1 Å². The van der Waals surface area contributed by atoms with Crippen LogP contribution < -0.4 is 4.74 Å². The number of hydrogen-bond acceptors (Lipinski definition) is 1. The van der Waals surface area contributed by atoms with Gasteiger partial charge in [0.25, 0.3) is 0 Å². The Morgan fingerprint density at radius 1 is 1.62 bits per heavy atom. The molecule has 0 aromatic heterocycles. The summed E-state index contributed by atoms with van der Waals surface area (Å²) >= 11 is 5.73. The molecule has 0 aliphatic rings. The van der Waals surface area contributed by atoms with Crippen molar-refractivity contribution < 1.29 is 9.13 Å². The lowest BCUT2D eigenvalue weighted by Crippen LogP contribution is -2.04. The van der Waals surface area contributed by atoms with E-state index in [0.29, 0.717) is 18.3 Å². The summed E-state index contributed by atoms with van der Waals surface area (Å²) in [5.41, 5.74) is 0. The summed E-state index contributed by atoms with van der Waals surface area (Å²) in [6.07, 6.45) is 0. The second-order valence-electron chi connectivity index (χ2n) is 3.20. The van der Waals surface area contributed by atoms with Gasteiger partial charge in [-0.25, -0.2) is 4.39 Å². The molecule has 0 saturated carbocycles. The largest absolute Gasteiger partial charge is 0.492 e. The Balaban J connectivity index is 2.67. The Kier molecular flexibility index (Phi) is 3.55. The Bertz CT molecular complexity index is 286. The molecule has 13 heavy (non-hydrogen) atoms. The number of ether oxygens (including phenoxy) is 1. The third-order valence-electron chi connectivity index (χ3n) is 1.40. The standard InChI is InChI=1S/C10H11ClFO/c1-7(2)6-13-10-4-3-8(12)5-9(10)11/h4-5,7H,6H2,1-2H3. The van der Waals surface area contributed by atoms with E-state index in [9.17, 15) is 4.39 Å². The van der Waals surface area contributed by atoms with Gasteiger partial charge in [0.2, 0.25) is 0 Å². The van der Waals surface area contributed by atoms with Crippen LogP contribution >= 0.6 is 11.6 Å². The highest BCUT2D eigenvalue weighted by atomic mass is 35.5. The fraction of sp³-hybridized carbons (Fsp3) is 0.400. The van der Waals surface area contributed by atoms with Crippen molar-refractivity contribution in [3.8, 4) is 5.75 Å². The Labute approximate surface area is 82.5 Å². The first-order chi connectivity index (χ1) is 6.09. The highest BCUT2D eigenvalue weighted by Crippen LogP contribution is 2.24. The quantitative estimate of drug-likeness (QED) is 0.729. The summed E-state index contributed by atoms with van der Waals surface area (Å²) in [7, 11) is 0. The molecule has 0 N–H and O–H groups in total. The average Bonchev–Trinajstić information content (AvgIpc) is 2.02. The molecule has 1 nitrogen and oxygen atoms in total. The predicted molar refractivity (Wildman–Crippen MR) is 50.6 cm³/mol.